The average Bonchev–Trinajstić information content (AvgIpc) is 3.12. The first kappa shape index (κ1) is 38.4. The molecule has 1 aliphatic carbocycles. The SMILES string of the molecule is C[C@@H]1NC(=O)[C@H](CO)NC(=O)c2ccccc2OC[C@H](Cc2ccccc2)NC(=O)[C@H](CCCCNC(=O)CCCC2CCCCC2)NC1=O. The van der Waals surface area contributed by atoms with Gasteiger partial charge in [-0.2, -0.15) is 0 Å². The number of fused-ring (bicyclic) bond motifs is 1. The summed E-state index contributed by atoms with van der Waals surface area (Å²) < 4.78 is 6.09. The van der Waals surface area contributed by atoms with E-state index in [-0.39, 0.29) is 23.8 Å². The Morgan fingerprint density at radius 3 is 2.28 bits per heavy atom. The summed E-state index contributed by atoms with van der Waals surface area (Å²) in [6.07, 6.45) is 10.8. The molecular weight excluding hydrogens is 638 g/mol. The fourth-order valence-electron chi connectivity index (χ4n) is 6.51. The van der Waals surface area contributed by atoms with E-state index in [1.807, 2.05) is 30.3 Å². The van der Waals surface area contributed by atoms with Gasteiger partial charge in [0.05, 0.1) is 18.2 Å². The van der Waals surface area contributed by atoms with Crippen LogP contribution in [0.25, 0.3) is 0 Å². The van der Waals surface area contributed by atoms with Gasteiger partial charge in [0.15, 0.2) is 0 Å². The van der Waals surface area contributed by atoms with Gasteiger partial charge >= 0.3 is 0 Å². The normalized spacial score (nSPS) is 22.6. The van der Waals surface area contributed by atoms with Gasteiger partial charge in [-0.05, 0) is 69.1 Å². The van der Waals surface area contributed by atoms with Crippen molar-refractivity contribution in [3.63, 3.8) is 0 Å². The second-order valence-corrected chi connectivity index (χ2v) is 13.4. The Hall–Kier alpha value is -4.45. The molecular formula is C38H53N5O7. The Kier molecular flexibility index (Phi) is 15.6. The van der Waals surface area contributed by atoms with Gasteiger partial charge in [0.1, 0.15) is 30.5 Å². The van der Waals surface area contributed by atoms with Crippen LogP contribution in [0.1, 0.15) is 93.5 Å². The first-order valence-corrected chi connectivity index (χ1v) is 18.1. The highest BCUT2D eigenvalue weighted by Crippen LogP contribution is 2.27. The molecule has 6 N–H and O–H groups in total. The molecule has 50 heavy (non-hydrogen) atoms. The topological polar surface area (TPSA) is 175 Å². The molecule has 12 heteroatoms. The first-order chi connectivity index (χ1) is 24.2. The van der Waals surface area contributed by atoms with E-state index in [2.05, 4.69) is 26.6 Å². The number of ether oxygens (including phenoxy) is 1. The smallest absolute Gasteiger partial charge is 0.255 e. The molecule has 1 fully saturated rings. The minimum absolute atomic E-state index is 0.0126. The summed E-state index contributed by atoms with van der Waals surface area (Å²) in [5.74, 6) is -1.39. The molecule has 0 saturated heterocycles. The quantitative estimate of drug-likeness (QED) is 0.186. The van der Waals surface area contributed by atoms with E-state index in [4.69, 9.17) is 4.74 Å². The molecule has 4 rings (SSSR count). The molecule has 0 aromatic heterocycles. The zero-order valence-corrected chi connectivity index (χ0v) is 29.1. The number of para-hydroxylation sites is 1. The lowest BCUT2D eigenvalue weighted by molar-refractivity contribution is -0.132. The van der Waals surface area contributed by atoms with Gasteiger partial charge in [-0.1, -0.05) is 74.6 Å². The number of rotatable bonds is 12. The number of aliphatic hydroxyl groups is 1. The van der Waals surface area contributed by atoms with Crippen LogP contribution in [0, 0.1) is 5.92 Å². The standard InChI is InChI=1S/C38H53N5O7/c1-26-35(46)42-31(19-10-11-22-39-34(45)21-12-17-27-13-4-2-5-14-27)37(48)41-29(23-28-15-6-3-7-16-28)25-50-33-20-9-8-18-30(33)36(47)43-32(24-44)38(49)40-26/h3,6-9,15-16,18,20,26-27,29,31-32,44H,2,4-5,10-14,17,19,21-25H2,1H3,(H,39,45)(H,40,49)(H,41,48)(H,42,46)(H,43,47)/t26-,29-,31-,32-/m0/s1. The molecule has 4 atom stereocenters. The second kappa shape index (κ2) is 20.3. The molecule has 0 radical (unpaired) electrons. The summed E-state index contributed by atoms with van der Waals surface area (Å²) >= 11 is 0. The number of carbonyl (C=O) groups is 5. The van der Waals surface area contributed by atoms with Gasteiger partial charge < -0.3 is 36.4 Å². The van der Waals surface area contributed by atoms with Crippen LogP contribution in [0.5, 0.6) is 5.75 Å². The zero-order chi connectivity index (χ0) is 35.7. The third kappa shape index (κ3) is 12.5. The maximum atomic E-state index is 13.8. The molecule has 1 aliphatic heterocycles. The lowest BCUT2D eigenvalue weighted by Crippen LogP contribution is -2.57. The Morgan fingerprint density at radius 1 is 0.800 bits per heavy atom. The maximum absolute atomic E-state index is 13.8. The molecule has 1 saturated carbocycles. The van der Waals surface area contributed by atoms with Crippen molar-refractivity contribution in [2.45, 2.75) is 108 Å². The van der Waals surface area contributed by atoms with E-state index in [9.17, 15) is 29.1 Å². The summed E-state index contributed by atoms with van der Waals surface area (Å²) in [4.78, 5) is 65.6. The van der Waals surface area contributed by atoms with Gasteiger partial charge in [0.2, 0.25) is 23.6 Å². The molecule has 0 spiro atoms. The number of benzene rings is 2. The van der Waals surface area contributed by atoms with Crippen LogP contribution >= 0.6 is 0 Å². The van der Waals surface area contributed by atoms with Gasteiger partial charge in [-0.3, -0.25) is 24.0 Å². The summed E-state index contributed by atoms with van der Waals surface area (Å²) in [5, 5.41) is 23.7. The first-order valence-electron chi connectivity index (χ1n) is 18.1. The number of amides is 5. The van der Waals surface area contributed by atoms with E-state index in [0.29, 0.717) is 38.6 Å². The third-order valence-corrected chi connectivity index (χ3v) is 9.42. The monoisotopic (exact) mass is 691 g/mol. The van der Waals surface area contributed by atoms with Crippen molar-refractivity contribution in [1.82, 2.24) is 26.6 Å². The molecule has 272 valence electrons. The van der Waals surface area contributed by atoms with Crippen molar-refractivity contribution >= 4 is 29.5 Å². The number of hydrogen-bond donors (Lipinski definition) is 6. The molecule has 0 unspecified atom stereocenters. The van der Waals surface area contributed by atoms with E-state index < -0.39 is 54.4 Å². The fourth-order valence-corrected chi connectivity index (χ4v) is 6.51. The number of carbonyl (C=O) groups excluding carboxylic acids is 5. The Labute approximate surface area is 294 Å². The molecule has 0 bridgehead atoms. The third-order valence-electron chi connectivity index (χ3n) is 9.42. The Balaban J connectivity index is 1.43. The fraction of sp³-hybridized carbons (Fsp3) is 0.553. The van der Waals surface area contributed by atoms with E-state index in [1.165, 1.54) is 45.1 Å². The zero-order valence-electron chi connectivity index (χ0n) is 29.1. The highest BCUT2D eigenvalue weighted by atomic mass is 16.5. The number of unbranched alkanes of at least 4 members (excludes halogenated alkanes) is 1. The molecule has 5 amide bonds. The van der Waals surface area contributed by atoms with Crippen molar-refractivity contribution in [2.75, 3.05) is 19.8 Å². The summed E-state index contributed by atoms with van der Waals surface area (Å²) in [5.41, 5.74) is 1.11. The molecule has 2 aromatic carbocycles. The Morgan fingerprint density at radius 2 is 1.52 bits per heavy atom. The van der Waals surface area contributed by atoms with E-state index in [0.717, 1.165) is 24.3 Å². The summed E-state index contributed by atoms with van der Waals surface area (Å²) in [6, 6.07) is 12.2. The number of hydrogen-bond acceptors (Lipinski definition) is 7. The minimum Gasteiger partial charge on any atom is -0.491 e. The molecule has 1 heterocycles. The van der Waals surface area contributed by atoms with Crippen LogP contribution in [-0.2, 0) is 25.6 Å². The van der Waals surface area contributed by atoms with Crippen LogP contribution in [0.3, 0.4) is 0 Å². The summed E-state index contributed by atoms with van der Waals surface area (Å²) in [7, 11) is 0. The van der Waals surface area contributed by atoms with Crippen LogP contribution in [-0.4, -0.2) is 78.6 Å². The number of aliphatic hydroxyl groups excluding tert-OH is 1. The van der Waals surface area contributed by atoms with Gasteiger partial charge in [0, 0.05) is 13.0 Å². The van der Waals surface area contributed by atoms with Crippen molar-refractivity contribution in [3.8, 4) is 5.75 Å². The molecule has 2 aliphatic rings. The minimum atomic E-state index is -1.33. The molecule has 2 aromatic rings. The maximum Gasteiger partial charge on any atom is 0.255 e. The second-order valence-electron chi connectivity index (χ2n) is 13.4. The van der Waals surface area contributed by atoms with Crippen LogP contribution < -0.4 is 31.3 Å². The summed E-state index contributed by atoms with van der Waals surface area (Å²) in [6.45, 7) is 1.25. The lowest BCUT2D eigenvalue weighted by atomic mass is 9.86. The molecule has 12 nitrogen and oxygen atoms in total. The Bertz CT molecular complexity index is 1420. The predicted octanol–water partition coefficient (Wildman–Crippen LogP) is 2.92. The van der Waals surface area contributed by atoms with Crippen molar-refractivity contribution in [1.29, 1.82) is 0 Å². The van der Waals surface area contributed by atoms with Gasteiger partial charge in [0.25, 0.3) is 5.91 Å². The lowest BCUT2D eigenvalue weighted by Gasteiger charge is -2.26. The number of nitrogens with one attached hydrogen (secondary N) is 5. The van der Waals surface area contributed by atoms with Crippen molar-refractivity contribution in [3.05, 3.63) is 65.7 Å². The van der Waals surface area contributed by atoms with Gasteiger partial charge in [-0.25, -0.2) is 0 Å². The van der Waals surface area contributed by atoms with Crippen molar-refractivity contribution in [2.24, 2.45) is 5.92 Å². The predicted molar refractivity (Wildman–Crippen MR) is 189 cm³/mol. The van der Waals surface area contributed by atoms with Crippen LogP contribution in [0.15, 0.2) is 54.6 Å². The van der Waals surface area contributed by atoms with E-state index >= 15 is 0 Å². The highest BCUT2D eigenvalue weighted by molar-refractivity contribution is 6.00. The van der Waals surface area contributed by atoms with Gasteiger partial charge in [-0.15, -0.1) is 0 Å². The highest BCUT2D eigenvalue weighted by Gasteiger charge is 2.29. The van der Waals surface area contributed by atoms with Crippen LogP contribution in [0.4, 0.5) is 0 Å². The van der Waals surface area contributed by atoms with E-state index in [1.54, 1.807) is 18.2 Å². The average molecular weight is 692 g/mol. The van der Waals surface area contributed by atoms with Crippen molar-refractivity contribution < 1.29 is 33.8 Å². The largest absolute Gasteiger partial charge is 0.491 e. The van der Waals surface area contributed by atoms with Crippen LogP contribution in [0.2, 0.25) is 0 Å².